The Morgan fingerprint density at radius 2 is 1.90 bits per heavy atom. The Morgan fingerprint density at radius 3 is 2.51 bits per heavy atom. The highest BCUT2D eigenvalue weighted by Crippen LogP contribution is 2.46. The fraction of sp³-hybridized carbons (Fsp3) is 0.345. The van der Waals surface area contributed by atoms with Crippen molar-refractivity contribution in [1.82, 2.24) is 21.0 Å². The summed E-state index contributed by atoms with van der Waals surface area (Å²) in [6.45, 7) is 9.05. The van der Waals surface area contributed by atoms with Crippen LogP contribution in [-0.2, 0) is 5.44 Å². The number of benzene rings is 2. The molecule has 5 rings (SSSR count). The molecule has 0 saturated heterocycles. The molecule has 8 nitrogen and oxygen atoms in total. The van der Waals surface area contributed by atoms with Gasteiger partial charge >= 0.3 is 0 Å². The highest BCUT2D eigenvalue weighted by Gasteiger charge is 2.49. The average Bonchev–Trinajstić information content (AvgIpc) is 3.52. The first-order valence-electron chi connectivity index (χ1n) is 13.6. The number of nitrogens with zero attached hydrogens (tertiary/aromatic N) is 4. The van der Waals surface area contributed by atoms with E-state index in [0.717, 1.165) is 18.4 Å². The van der Waals surface area contributed by atoms with Gasteiger partial charge in [0.2, 0.25) is 0 Å². The molecule has 1 unspecified atom stereocenters. The molecule has 2 aliphatic rings. The van der Waals surface area contributed by atoms with E-state index in [2.05, 4.69) is 71.4 Å². The summed E-state index contributed by atoms with van der Waals surface area (Å²) in [6.07, 6.45) is 3.55. The number of hydrazine groups is 2. The van der Waals surface area contributed by atoms with Crippen LogP contribution < -0.4 is 21.6 Å². The van der Waals surface area contributed by atoms with E-state index in [4.69, 9.17) is 11.6 Å². The zero-order valence-electron chi connectivity index (χ0n) is 24.1. The number of hydrogen-bond acceptors (Lipinski definition) is 8. The van der Waals surface area contributed by atoms with Crippen molar-refractivity contribution in [3.05, 3.63) is 75.4 Å². The number of pyridine rings is 1. The lowest BCUT2D eigenvalue weighted by Gasteiger charge is -2.36. The molecule has 1 aliphatic heterocycles. The maximum atomic E-state index is 15.6. The van der Waals surface area contributed by atoms with Gasteiger partial charge in [-0.3, -0.25) is 9.99 Å². The highest BCUT2D eigenvalue weighted by molar-refractivity contribution is 6.33. The molecule has 4 N–H and O–H groups in total. The largest absolute Gasteiger partial charge is 0.383 e. The molecule has 2 heterocycles. The van der Waals surface area contributed by atoms with Crippen LogP contribution in [0.5, 0.6) is 0 Å². The van der Waals surface area contributed by atoms with E-state index >= 15 is 4.39 Å². The van der Waals surface area contributed by atoms with E-state index in [0.29, 0.717) is 45.6 Å². The van der Waals surface area contributed by atoms with Gasteiger partial charge in [0, 0.05) is 40.0 Å². The predicted octanol–water partition coefficient (Wildman–Crippen LogP) is 3.81. The summed E-state index contributed by atoms with van der Waals surface area (Å²) < 4.78 is 15.6. The molecule has 41 heavy (non-hydrogen) atoms. The molecule has 3 aromatic rings. The second kappa shape index (κ2) is 10.2. The number of halogens is 2. The van der Waals surface area contributed by atoms with Crippen LogP contribution in [0.3, 0.4) is 0 Å². The maximum Gasteiger partial charge on any atom is 0.165 e. The molecular formula is C29H32B2ClFN8. The van der Waals surface area contributed by atoms with E-state index in [1.165, 1.54) is 12.3 Å². The number of nitriles is 2. The Labute approximate surface area is 246 Å². The third-order valence-electron chi connectivity index (χ3n) is 7.87. The van der Waals surface area contributed by atoms with Gasteiger partial charge in [-0.15, -0.1) is 5.53 Å². The molecule has 1 aromatic heterocycles. The molecule has 1 fully saturated rings. The van der Waals surface area contributed by atoms with Crippen molar-refractivity contribution in [1.29, 1.82) is 10.5 Å². The quantitative estimate of drug-likeness (QED) is 0.319. The van der Waals surface area contributed by atoms with E-state index in [1.807, 2.05) is 21.8 Å². The number of nitrogens with one attached hydrogen (secondary N) is 4. The smallest absolute Gasteiger partial charge is 0.165 e. The third kappa shape index (κ3) is 5.16. The summed E-state index contributed by atoms with van der Waals surface area (Å²) in [4.78, 5) is 4.45. The van der Waals surface area contributed by atoms with Crippen molar-refractivity contribution in [3.8, 4) is 12.1 Å². The third-order valence-corrected chi connectivity index (χ3v) is 8.18. The zero-order valence-corrected chi connectivity index (χ0v) is 24.9. The standard InChI is InChI=1S/C29H32B2ClFN8/c1-27(2,3)15-37-24-17(13-35)14-36-23-16(12-34)10-18(11-19(23)24)38-29(31,22-20(32)6-5-7-21(22)33)25-26(30)41(40-39-25)28(4)8-9-28/h5-7,10-11,14,38-40H,8-9,15,30-31H2,1-4H3,(H,36,37). The summed E-state index contributed by atoms with van der Waals surface area (Å²) in [5.74, 6) is -0.465. The van der Waals surface area contributed by atoms with Gasteiger partial charge in [0.15, 0.2) is 7.85 Å². The number of hydrogen-bond donors (Lipinski definition) is 4. The Balaban J connectivity index is 1.71. The Morgan fingerprint density at radius 1 is 1.20 bits per heavy atom. The second-order valence-corrected chi connectivity index (χ2v) is 12.9. The van der Waals surface area contributed by atoms with E-state index in [-0.39, 0.29) is 21.5 Å². The van der Waals surface area contributed by atoms with Crippen LogP contribution in [-0.4, -0.2) is 37.8 Å². The van der Waals surface area contributed by atoms with Crippen LogP contribution in [0.2, 0.25) is 5.02 Å². The number of aromatic nitrogens is 1. The summed E-state index contributed by atoms with van der Waals surface area (Å²) in [5, 5.41) is 29.9. The fourth-order valence-electron chi connectivity index (χ4n) is 5.43. The normalized spacial score (nSPS) is 17.4. The van der Waals surface area contributed by atoms with E-state index in [9.17, 15) is 10.5 Å². The molecule has 0 bridgehead atoms. The SMILES string of the molecule is BC1=C(C(B)(Nc2cc(C#N)c3ncc(C#N)c(NCC(C)(C)C)c3c2)c2c(F)cccc2Cl)NNN1C1(C)CC1. The van der Waals surface area contributed by atoms with E-state index < -0.39 is 11.3 Å². The second-order valence-electron chi connectivity index (χ2n) is 12.5. The minimum Gasteiger partial charge on any atom is -0.383 e. The van der Waals surface area contributed by atoms with Crippen LogP contribution in [0.15, 0.2) is 47.8 Å². The lowest BCUT2D eigenvalue weighted by atomic mass is 9.67. The number of rotatable bonds is 7. The van der Waals surface area contributed by atoms with Gasteiger partial charge in [0.25, 0.3) is 0 Å². The summed E-state index contributed by atoms with van der Waals surface area (Å²) in [7, 11) is 3.85. The van der Waals surface area contributed by atoms with Crippen LogP contribution >= 0.6 is 11.6 Å². The molecule has 0 radical (unpaired) electrons. The average molecular weight is 569 g/mol. The van der Waals surface area contributed by atoms with Crippen molar-refractivity contribution in [2.45, 2.75) is 51.5 Å². The van der Waals surface area contributed by atoms with Crippen LogP contribution in [0.4, 0.5) is 15.8 Å². The van der Waals surface area contributed by atoms with Crippen molar-refractivity contribution < 1.29 is 4.39 Å². The van der Waals surface area contributed by atoms with Gasteiger partial charge < -0.3 is 16.1 Å². The molecule has 0 amide bonds. The Kier molecular flexibility index (Phi) is 7.09. The first-order valence-corrected chi connectivity index (χ1v) is 14.0. The lowest BCUT2D eigenvalue weighted by Crippen LogP contribution is -2.47. The van der Waals surface area contributed by atoms with Gasteiger partial charge in [-0.05, 0) is 49.4 Å². The molecular weight excluding hydrogens is 536 g/mol. The molecule has 12 heteroatoms. The van der Waals surface area contributed by atoms with Crippen LogP contribution in [0, 0.1) is 33.9 Å². The van der Waals surface area contributed by atoms with Crippen molar-refractivity contribution >= 4 is 49.6 Å². The molecule has 1 saturated carbocycles. The van der Waals surface area contributed by atoms with E-state index in [1.54, 1.807) is 18.2 Å². The Hall–Kier alpha value is -3.92. The lowest BCUT2D eigenvalue weighted by molar-refractivity contribution is 0.184. The molecule has 0 spiro atoms. The van der Waals surface area contributed by atoms with Crippen LogP contribution in [0.25, 0.3) is 10.9 Å². The summed E-state index contributed by atoms with van der Waals surface area (Å²) >= 11 is 6.67. The highest BCUT2D eigenvalue weighted by atomic mass is 35.5. The summed E-state index contributed by atoms with van der Waals surface area (Å²) in [6, 6.07) is 12.6. The first-order chi connectivity index (χ1) is 19.3. The number of fused-ring (bicyclic) bond motifs is 1. The van der Waals surface area contributed by atoms with Gasteiger partial charge in [-0.25, -0.2) is 4.39 Å². The first kappa shape index (κ1) is 28.6. The van der Waals surface area contributed by atoms with Crippen molar-refractivity contribution in [3.63, 3.8) is 0 Å². The van der Waals surface area contributed by atoms with Gasteiger partial charge in [-0.1, -0.05) is 38.4 Å². The monoisotopic (exact) mass is 568 g/mol. The minimum atomic E-state index is -1.18. The van der Waals surface area contributed by atoms with Gasteiger partial charge in [0.1, 0.15) is 25.8 Å². The van der Waals surface area contributed by atoms with Crippen molar-refractivity contribution in [2.24, 2.45) is 5.41 Å². The molecule has 208 valence electrons. The molecule has 1 aliphatic carbocycles. The maximum absolute atomic E-state index is 15.6. The summed E-state index contributed by atoms with van der Waals surface area (Å²) in [5.41, 5.74) is 9.45. The van der Waals surface area contributed by atoms with Gasteiger partial charge in [0.05, 0.1) is 39.0 Å². The van der Waals surface area contributed by atoms with Crippen LogP contribution in [0.1, 0.15) is 57.2 Å². The topological polar surface area (TPSA) is 112 Å². The Bertz CT molecular complexity index is 1650. The molecule has 1 atom stereocenters. The zero-order chi connectivity index (χ0) is 29.7. The molecule has 2 aromatic carbocycles. The number of anilines is 2. The fourth-order valence-corrected chi connectivity index (χ4v) is 5.78. The van der Waals surface area contributed by atoms with Gasteiger partial charge in [-0.2, -0.15) is 10.5 Å². The van der Waals surface area contributed by atoms with Crippen molar-refractivity contribution in [2.75, 3.05) is 17.2 Å². The minimum absolute atomic E-state index is 0.0390. The predicted molar refractivity (Wildman–Crippen MR) is 166 cm³/mol.